The van der Waals surface area contributed by atoms with Crippen LogP contribution in [0.1, 0.15) is 111 Å². The Morgan fingerprint density at radius 1 is 0.800 bits per heavy atom. The zero-order chi connectivity index (χ0) is 18.2. The van der Waals surface area contributed by atoms with Crippen molar-refractivity contribution < 1.29 is 0 Å². The van der Waals surface area contributed by atoms with Crippen molar-refractivity contribution in [3.8, 4) is 0 Å². The average Bonchev–Trinajstić information content (AvgIpc) is 3.14. The lowest BCUT2D eigenvalue weighted by Gasteiger charge is -2.24. The summed E-state index contributed by atoms with van der Waals surface area (Å²) < 4.78 is 2.20. The summed E-state index contributed by atoms with van der Waals surface area (Å²) in [5.74, 6) is 0. The van der Waals surface area contributed by atoms with E-state index in [1.807, 2.05) is 12.5 Å². The minimum Gasteiger partial charge on any atom is -0.332 e. The molecule has 0 saturated carbocycles. The van der Waals surface area contributed by atoms with Gasteiger partial charge in [-0.25, -0.2) is 4.98 Å². The summed E-state index contributed by atoms with van der Waals surface area (Å²) in [6.07, 6.45) is 30.0. The number of aromatic nitrogens is 2. The van der Waals surface area contributed by atoms with Gasteiger partial charge in [-0.2, -0.15) is 0 Å². The predicted octanol–water partition coefficient (Wildman–Crippen LogP) is 7.66. The van der Waals surface area contributed by atoms with Gasteiger partial charge in [-0.3, -0.25) is 0 Å². The second-order valence-corrected chi connectivity index (χ2v) is 8.14. The van der Waals surface area contributed by atoms with Crippen molar-refractivity contribution in [3.63, 3.8) is 0 Å². The van der Waals surface area contributed by atoms with E-state index in [4.69, 9.17) is 0 Å². The third-order valence-corrected chi connectivity index (χ3v) is 5.21. The molecule has 0 aliphatic carbocycles. The molecule has 144 valence electrons. The molecular weight excluding hydrogens is 304 g/mol. The standard InChI is InChI=1S/C23H42N2/c1-4-5-6-7-8-9-10-11-12-13-14-15-16-17-18-19-23(2,3)25-21-20-24-22-25/h17-18,20-22H,4-16,19H2,1-3H3. The molecule has 0 saturated heterocycles. The molecule has 0 aliphatic heterocycles. The summed E-state index contributed by atoms with van der Waals surface area (Å²) in [5, 5.41) is 0. The molecular formula is C23H42N2. The Kier molecular flexibility index (Phi) is 12.5. The molecule has 0 spiro atoms. The van der Waals surface area contributed by atoms with E-state index in [0.29, 0.717) is 0 Å². The number of unbranched alkanes of at least 4 members (excludes halogenated alkanes) is 12. The first-order valence-corrected chi connectivity index (χ1v) is 10.8. The van der Waals surface area contributed by atoms with Gasteiger partial charge in [0.1, 0.15) is 0 Å². The molecule has 0 N–H and O–H groups in total. The van der Waals surface area contributed by atoms with Crippen LogP contribution in [0.2, 0.25) is 0 Å². The molecule has 0 atom stereocenters. The third kappa shape index (κ3) is 11.2. The molecule has 1 aromatic heterocycles. The van der Waals surface area contributed by atoms with Crippen molar-refractivity contribution in [2.45, 2.75) is 116 Å². The first kappa shape index (κ1) is 22.0. The van der Waals surface area contributed by atoms with Gasteiger partial charge in [0.2, 0.25) is 0 Å². The van der Waals surface area contributed by atoms with E-state index in [9.17, 15) is 0 Å². The number of rotatable bonds is 16. The van der Waals surface area contributed by atoms with Gasteiger partial charge in [0.05, 0.1) is 6.33 Å². The fraction of sp³-hybridized carbons (Fsp3) is 0.783. The zero-order valence-corrected chi connectivity index (χ0v) is 17.2. The van der Waals surface area contributed by atoms with Gasteiger partial charge in [-0.1, -0.05) is 89.7 Å². The van der Waals surface area contributed by atoms with Crippen LogP contribution in [0, 0.1) is 0 Å². The quantitative estimate of drug-likeness (QED) is 0.222. The Morgan fingerprint density at radius 3 is 1.88 bits per heavy atom. The minimum absolute atomic E-state index is 0.129. The number of allylic oxidation sites excluding steroid dienone is 2. The molecule has 0 radical (unpaired) electrons. The monoisotopic (exact) mass is 346 g/mol. The Hall–Kier alpha value is -1.05. The summed E-state index contributed by atoms with van der Waals surface area (Å²) in [6.45, 7) is 6.82. The number of imidazole rings is 1. The highest BCUT2D eigenvalue weighted by Crippen LogP contribution is 2.20. The summed E-state index contributed by atoms with van der Waals surface area (Å²) in [6, 6.07) is 0. The molecule has 0 unspecified atom stereocenters. The van der Waals surface area contributed by atoms with Crippen molar-refractivity contribution in [2.75, 3.05) is 0 Å². The molecule has 2 heteroatoms. The van der Waals surface area contributed by atoms with Crippen LogP contribution in [0.15, 0.2) is 30.9 Å². The lowest BCUT2D eigenvalue weighted by molar-refractivity contribution is 0.359. The Labute approximate surface area is 157 Å². The highest BCUT2D eigenvalue weighted by atomic mass is 15.1. The molecule has 0 bridgehead atoms. The SMILES string of the molecule is CCCCCCCCCCCCCCC=CCC(C)(C)n1ccnc1. The number of hydrogen-bond donors (Lipinski definition) is 0. The highest BCUT2D eigenvalue weighted by Gasteiger charge is 2.16. The molecule has 0 aromatic carbocycles. The summed E-state index contributed by atoms with van der Waals surface area (Å²) in [4.78, 5) is 4.15. The molecule has 1 rings (SSSR count). The molecule has 0 amide bonds. The van der Waals surface area contributed by atoms with Gasteiger partial charge < -0.3 is 4.57 Å². The van der Waals surface area contributed by atoms with Gasteiger partial charge in [0.25, 0.3) is 0 Å². The van der Waals surface area contributed by atoms with Crippen LogP contribution < -0.4 is 0 Å². The van der Waals surface area contributed by atoms with Crippen molar-refractivity contribution in [1.82, 2.24) is 9.55 Å². The first-order valence-electron chi connectivity index (χ1n) is 10.8. The second-order valence-electron chi connectivity index (χ2n) is 8.14. The van der Waals surface area contributed by atoms with Crippen LogP contribution in [0.25, 0.3) is 0 Å². The van der Waals surface area contributed by atoms with E-state index in [2.05, 4.69) is 48.7 Å². The van der Waals surface area contributed by atoms with E-state index in [0.717, 1.165) is 6.42 Å². The lowest BCUT2D eigenvalue weighted by atomic mass is 9.99. The predicted molar refractivity (Wildman–Crippen MR) is 111 cm³/mol. The topological polar surface area (TPSA) is 17.8 Å². The van der Waals surface area contributed by atoms with Crippen molar-refractivity contribution in [2.24, 2.45) is 0 Å². The fourth-order valence-electron chi connectivity index (χ4n) is 3.32. The Bertz CT molecular complexity index is 417. The van der Waals surface area contributed by atoms with Crippen molar-refractivity contribution in [1.29, 1.82) is 0 Å². The Morgan fingerprint density at radius 2 is 1.36 bits per heavy atom. The van der Waals surface area contributed by atoms with E-state index in [-0.39, 0.29) is 5.54 Å². The number of hydrogen-bond acceptors (Lipinski definition) is 1. The number of nitrogens with zero attached hydrogens (tertiary/aromatic N) is 2. The zero-order valence-electron chi connectivity index (χ0n) is 17.2. The van der Waals surface area contributed by atoms with Crippen LogP contribution in [0.5, 0.6) is 0 Å². The van der Waals surface area contributed by atoms with E-state index in [1.165, 1.54) is 83.5 Å². The largest absolute Gasteiger partial charge is 0.332 e. The summed E-state index contributed by atoms with van der Waals surface area (Å²) >= 11 is 0. The lowest BCUT2D eigenvalue weighted by Crippen LogP contribution is -2.23. The average molecular weight is 347 g/mol. The summed E-state index contributed by atoms with van der Waals surface area (Å²) in [7, 11) is 0. The Balaban J connectivity index is 1.87. The third-order valence-electron chi connectivity index (χ3n) is 5.21. The van der Waals surface area contributed by atoms with E-state index in [1.54, 1.807) is 0 Å². The smallest absolute Gasteiger partial charge is 0.0951 e. The van der Waals surface area contributed by atoms with Gasteiger partial charge in [-0.15, -0.1) is 0 Å². The fourth-order valence-corrected chi connectivity index (χ4v) is 3.32. The molecule has 0 aliphatic rings. The van der Waals surface area contributed by atoms with Crippen molar-refractivity contribution in [3.05, 3.63) is 30.9 Å². The second kappa shape index (κ2) is 14.2. The van der Waals surface area contributed by atoms with Crippen LogP contribution in [-0.2, 0) is 5.54 Å². The van der Waals surface area contributed by atoms with Gasteiger partial charge in [-0.05, 0) is 33.1 Å². The van der Waals surface area contributed by atoms with Gasteiger partial charge in [0, 0.05) is 17.9 Å². The maximum absolute atomic E-state index is 4.15. The molecule has 25 heavy (non-hydrogen) atoms. The molecule has 1 heterocycles. The molecule has 1 aromatic rings. The molecule has 0 fully saturated rings. The van der Waals surface area contributed by atoms with Crippen LogP contribution in [-0.4, -0.2) is 9.55 Å². The van der Waals surface area contributed by atoms with Crippen LogP contribution in [0.4, 0.5) is 0 Å². The van der Waals surface area contributed by atoms with Crippen molar-refractivity contribution >= 4 is 0 Å². The van der Waals surface area contributed by atoms with E-state index < -0.39 is 0 Å². The van der Waals surface area contributed by atoms with Gasteiger partial charge in [0.15, 0.2) is 0 Å². The maximum Gasteiger partial charge on any atom is 0.0951 e. The summed E-state index contributed by atoms with van der Waals surface area (Å²) in [5.41, 5.74) is 0.129. The van der Waals surface area contributed by atoms with E-state index >= 15 is 0 Å². The first-order chi connectivity index (χ1) is 12.2. The van der Waals surface area contributed by atoms with Crippen LogP contribution >= 0.6 is 0 Å². The van der Waals surface area contributed by atoms with Crippen LogP contribution in [0.3, 0.4) is 0 Å². The van der Waals surface area contributed by atoms with Gasteiger partial charge >= 0.3 is 0 Å². The normalized spacial score (nSPS) is 12.3. The molecule has 2 nitrogen and oxygen atoms in total. The highest BCUT2D eigenvalue weighted by molar-refractivity contribution is 4.93. The minimum atomic E-state index is 0.129. The maximum atomic E-state index is 4.15.